The van der Waals surface area contributed by atoms with Gasteiger partial charge >= 0.3 is 6.18 Å². The summed E-state index contributed by atoms with van der Waals surface area (Å²) in [5.74, 6) is 0. The molecule has 4 nitrogen and oxygen atoms in total. The van der Waals surface area contributed by atoms with Crippen LogP contribution in [0.15, 0.2) is 24.8 Å². The highest BCUT2D eigenvalue weighted by molar-refractivity contribution is 5.37. The summed E-state index contributed by atoms with van der Waals surface area (Å²) >= 11 is 0. The number of rotatable bonds is 2. The molecule has 0 bridgehead atoms. The number of fused-ring (bicyclic) bond motifs is 1. The zero-order valence-electron chi connectivity index (χ0n) is 8.02. The maximum absolute atomic E-state index is 12.1. The van der Waals surface area contributed by atoms with Crippen LogP contribution in [0.25, 0.3) is 5.65 Å². The van der Waals surface area contributed by atoms with Crippen LogP contribution in [-0.4, -0.2) is 31.8 Å². The minimum absolute atomic E-state index is 0.294. The van der Waals surface area contributed by atoms with Crippen molar-refractivity contribution in [3.63, 3.8) is 0 Å². The van der Waals surface area contributed by atoms with Crippen molar-refractivity contribution in [3.05, 3.63) is 30.5 Å². The van der Waals surface area contributed by atoms with Gasteiger partial charge in [-0.15, -0.1) is 0 Å². The first-order valence-electron chi connectivity index (χ1n) is 4.49. The topological polar surface area (TPSA) is 50.4 Å². The molecule has 2 aromatic heterocycles. The van der Waals surface area contributed by atoms with Crippen LogP contribution in [0.3, 0.4) is 0 Å². The minimum atomic E-state index is -4.61. The van der Waals surface area contributed by atoms with Crippen LogP contribution in [0.1, 0.15) is 5.69 Å². The van der Waals surface area contributed by atoms with Crippen molar-refractivity contribution in [2.45, 2.75) is 18.7 Å². The van der Waals surface area contributed by atoms with Gasteiger partial charge in [0.25, 0.3) is 0 Å². The molecule has 0 fully saturated rings. The average Bonchev–Trinajstić information content (AvgIpc) is 2.61. The summed E-state index contributed by atoms with van der Waals surface area (Å²) in [5, 5.41) is 8.94. The Hall–Kier alpha value is -1.63. The third-order valence-corrected chi connectivity index (χ3v) is 2.17. The maximum Gasteiger partial charge on any atom is 0.414 e. The summed E-state index contributed by atoms with van der Waals surface area (Å²) in [6.45, 7) is 0. The molecule has 0 spiro atoms. The Morgan fingerprint density at radius 2 is 2.12 bits per heavy atom. The van der Waals surface area contributed by atoms with Gasteiger partial charge in [0, 0.05) is 30.7 Å². The van der Waals surface area contributed by atoms with Crippen molar-refractivity contribution in [1.29, 1.82) is 0 Å². The normalized spacial score (nSPS) is 14.2. The Bertz CT molecular complexity index is 494. The van der Waals surface area contributed by atoms with Crippen molar-refractivity contribution < 1.29 is 18.3 Å². The van der Waals surface area contributed by atoms with Crippen LogP contribution in [-0.2, 0) is 6.42 Å². The number of aliphatic hydroxyl groups is 1. The summed E-state index contributed by atoms with van der Waals surface area (Å²) < 4.78 is 37.9. The van der Waals surface area contributed by atoms with Crippen molar-refractivity contribution >= 4 is 5.65 Å². The summed E-state index contributed by atoms with van der Waals surface area (Å²) in [6, 6.07) is 0. The maximum atomic E-state index is 12.1. The molecule has 0 aliphatic rings. The lowest BCUT2D eigenvalue weighted by Gasteiger charge is -2.13. The number of imidazole rings is 1. The van der Waals surface area contributed by atoms with E-state index < -0.39 is 18.7 Å². The van der Waals surface area contributed by atoms with Crippen molar-refractivity contribution in [3.8, 4) is 0 Å². The number of aromatic nitrogens is 3. The van der Waals surface area contributed by atoms with E-state index in [4.69, 9.17) is 5.11 Å². The Kier molecular flexibility index (Phi) is 2.55. The molecule has 2 rings (SSSR count). The average molecular weight is 231 g/mol. The van der Waals surface area contributed by atoms with Gasteiger partial charge in [0.1, 0.15) is 0 Å². The molecule has 1 unspecified atom stereocenters. The number of hydrogen-bond acceptors (Lipinski definition) is 3. The van der Waals surface area contributed by atoms with Gasteiger partial charge in [-0.25, -0.2) is 4.98 Å². The molecule has 0 amide bonds. The van der Waals surface area contributed by atoms with Gasteiger partial charge < -0.3 is 9.51 Å². The lowest BCUT2D eigenvalue weighted by atomic mass is 10.2. The molecule has 0 aromatic carbocycles. The second-order valence-electron chi connectivity index (χ2n) is 3.32. The first kappa shape index (κ1) is 10.9. The predicted octanol–water partition coefficient (Wildman–Crippen LogP) is 1.19. The van der Waals surface area contributed by atoms with E-state index >= 15 is 0 Å². The lowest BCUT2D eigenvalue weighted by molar-refractivity contribution is -0.203. The van der Waals surface area contributed by atoms with E-state index in [-0.39, 0.29) is 0 Å². The van der Waals surface area contributed by atoms with Crippen LogP contribution >= 0.6 is 0 Å². The molecule has 0 saturated carbocycles. The molecule has 2 aromatic rings. The molecule has 0 aliphatic heterocycles. The Morgan fingerprint density at radius 1 is 1.38 bits per heavy atom. The van der Waals surface area contributed by atoms with Gasteiger partial charge in [0.2, 0.25) is 0 Å². The number of alkyl halides is 3. The summed E-state index contributed by atoms with van der Waals surface area (Å²) in [4.78, 5) is 7.66. The van der Waals surface area contributed by atoms with Gasteiger partial charge in [0.15, 0.2) is 11.8 Å². The highest BCUT2D eigenvalue weighted by Gasteiger charge is 2.38. The number of halogens is 3. The highest BCUT2D eigenvalue weighted by Crippen LogP contribution is 2.23. The lowest BCUT2D eigenvalue weighted by Crippen LogP contribution is -2.30. The molecule has 0 aliphatic carbocycles. The summed E-state index contributed by atoms with van der Waals surface area (Å²) in [6.07, 6.45) is -1.83. The third-order valence-electron chi connectivity index (χ3n) is 2.17. The SMILES string of the molecule is OC(Cc1cnc2cnccn12)C(F)(F)F. The van der Waals surface area contributed by atoms with Crippen molar-refractivity contribution in [2.24, 2.45) is 0 Å². The fourth-order valence-corrected chi connectivity index (χ4v) is 1.36. The summed E-state index contributed by atoms with van der Waals surface area (Å²) in [7, 11) is 0. The van der Waals surface area contributed by atoms with E-state index in [1.807, 2.05) is 0 Å². The van der Waals surface area contributed by atoms with Gasteiger partial charge in [-0.3, -0.25) is 4.98 Å². The number of nitrogens with zero attached hydrogens (tertiary/aromatic N) is 3. The molecule has 1 atom stereocenters. The molecule has 1 N–H and O–H groups in total. The standard InChI is InChI=1S/C9H8F3N3O/c10-9(11,12)7(16)3-6-4-14-8-5-13-1-2-15(6)8/h1-2,4-5,7,16H,3H2. The Balaban J connectivity index is 2.28. The fraction of sp³-hybridized carbons (Fsp3) is 0.333. The smallest absolute Gasteiger partial charge is 0.383 e. The third kappa shape index (κ3) is 1.99. The second-order valence-corrected chi connectivity index (χ2v) is 3.32. The van der Waals surface area contributed by atoms with E-state index in [9.17, 15) is 13.2 Å². The first-order valence-corrected chi connectivity index (χ1v) is 4.49. The van der Waals surface area contributed by atoms with E-state index in [2.05, 4.69) is 9.97 Å². The summed E-state index contributed by atoms with van der Waals surface area (Å²) in [5.41, 5.74) is 0.745. The van der Waals surface area contributed by atoms with E-state index in [1.54, 1.807) is 0 Å². The molecule has 86 valence electrons. The monoisotopic (exact) mass is 231 g/mol. The molecule has 7 heteroatoms. The molecule has 0 saturated heterocycles. The first-order chi connectivity index (χ1) is 7.48. The molecular weight excluding hydrogens is 223 g/mol. The molecule has 2 heterocycles. The number of hydrogen-bond donors (Lipinski definition) is 1. The number of aliphatic hydroxyl groups excluding tert-OH is 1. The van der Waals surface area contributed by atoms with Crippen LogP contribution in [0.4, 0.5) is 13.2 Å². The van der Waals surface area contributed by atoms with Crippen LogP contribution < -0.4 is 0 Å². The zero-order chi connectivity index (χ0) is 11.8. The van der Waals surface area contributed by atoms with Gasteiger partial charge in [-0.2, -0.15) is 13.2 Å². The quantitative estimate of drug-likeness (QED) is 0.844. The predicted molar refractivity (Wildman–Crippen MR) is 48.8 cm³/mol. The van der Waals surface area contributed by atoms with Gasteiger partial charge in [-0.05, 0) is 0 Å². The van der Waals surface area contributed by atoms with Crippen LogP contribution in [0.5, 0.6) is 0 Å². The Labute approximate surface area is 88.4 Å². The van der Waals surface area contributed by atoms with Gasteiger partial charge in [0.05, 0.1) is 6.20 Å². The molecule has 0 radical (unpaired) electrons. The van der Waals surface area contributed by atoms with Crippen LogP contribution in [0.2, 0.25) is 0 Å². The largest absolute Gasteiger partial charge is 0.414 e. The Morgan fingerprint density at radius 3 is 2.81 bits per heavy atom. The zero-order valence-corrected chi connectivity index (χ0v) is 8.02. The molecular formula is C9H8F3N3O. The van der Waals surface area contributed by atoms with E-state index in [1.165, 1.54) is 29.2 Å². The van der Waals surface area contributed by atoms with Gasteiger partial charge in [-0.1, -0.05) is 0 Å². The fourth-order valence-electron chi connectivity index (χ4n) is 1.36. The minimum Gasteiger partial charge on any atom is -0.383 e. The van der Waals surface area contributed by atoms with Crippen molar-refractivity contribution in [1.82, 2.24) is 14.4 Å². The van der Waals surface area contributed by atoms with Crippen LogP contribution in [0, 0.1) is 0 Å². The highest BCUT2D eigenvalue weighted by atomic mass is 19.4. The van der Waals surface area contributed by atoms with Crippen molar-refractivity contribution in [2.75, 3.05) is 0 Å². The van der Waals surface area contributed by atoms with E-state index in [0.29, 0.717) is 11.3 Å². The second kappa shape index (κ2) is 3.75. The molecule has 16 heavy (non-hydrogen) atoms. The van der Waals surface area contributed by atoms with E-state index in [0.717, 1.165) is 0 Å².